The highest BCUT2D eigenvalue weighted by Crippen LogP contribution is 2.45. The van der Waals surface area contributed by atoms with E-state index in [0.29, 0.717) is 16.7 Å². The second-order valence-electron chi connectivity index (χ2n) is 6.75. The molecular weight excluding hydrogens is 387 g/mol. The van der Waals surface area contributed by atoms with Crippen LogP contribution in [0.3, 0.4) is 0 Å². The van der Waals surface area contributed by atoms with Crippen LogP contribution in [0, 0.1) is 6.92 Å². The maximum atomic E-state index is 13.2. The van der Waals surface area contributed by atoms with Crippen molar-refractivity contribution in [1.29, 1.82) is 0 Å². The fraction of sp³-hybridized carbons (Fsp3) is 0.143. The van der Waals surface area contributed by atoms with Crippen molar-refractivity contribution in [2.45, 2.75) is 24.0 Å². The molecule has 1 unspecified atom stereocenters. The van der Waals surface area contributed by atoms with Gasteiger partial charge in [0.1, 0.15) is 0 Å². The standard InChI is InChI=1S/C21H16F3NO2S/c1-13-6-9-15(10-7-13)28(26,27)25-20-18-5-3-2-4-16(18)17-11-8-14(12-19(17)20)21(22,23)24/h2-12,20,25H,1H3. The molecule has 3 nitrogen and oxygen atoms in total. The Morgan fingerprint density at radius 2 is 1.50 bits per heavy atom. The van der Waals surface area contributed by atoms with Gasteiger partial charge in [-0.25, -0.2) is 8.42 Å². The third kappa shape index (κ3) is 3.21. The Bertz CT molecular complexity index is 1150. The van der Waals surface area contributed by atoms with E-state index in [1.54, 1.807) is 36.4 Å². The fourth-order valence-electron chi connectivity index (χ4n) is 3.45. The molecule has 7 heteroatoms. The molecule has 4 rings (SSSR count). The van der Waals surface area contributed by atoms with Gasteiger partial charge in [0.15, 0.2) is 0 Å². The molecule has 1 atom stereocenters. The molecule has 1 N–H and O–H groups in total. The van der Waals surface area contributed by atoms with E-state index in [2.05, 4.69) is 4.72 Å². The lowest BCUT2D eigenvalue weighted by Crippen LogP contribution is -2.28. The van der Waals surface area contributed by atoms with E-state index in [1.807, 2.05) is 6.92 Å². The Morgan fingerprint density at radius 1 is 0.857 bits per heavy atom. The molecule has 28 heavy (non-hydrogen) atoms. The van der Waals surface area contributed by atoms with Crippen LogP contribution in [0.1, 0.15) is 28.3 Å². The van der Waals surface area contributed by atoms with Crippen LogP contribution in [0.25, 0.3) is 11.1 Å². The monoisotopic (exact) mass is 403 g/mol. The summed E-state index contributed by atoms with van der Waals surface area (Å²) in [5.74, 6) is 0. The van der Waals surface area contributed by atoms with Gasteiger partial charge < -0.3 is 0 Å². The molecule has 0 heterocycles. The number of halogens is 3. The fourth-order valence-corrected chi connectivity index (χ4v) is 4.65. The molecule has 1 aliphatic carbocycles. The molecule has 0 spiro atoms. The molecule has 1 aliphatic rings. The van der Waals surface area contributed by atoms with Gasteiger partial charge in [0.2, 0.25) is 10.0 Å². The lowest BCUT2D eigenvalue weighted by molar-refractivity contribution is -0.137. The van der Waals surface area contributed by atoms with Gasteiger partial charge in [-0.15, -0.1) is 0 Å². The molecule has 0 bridgehead atoms. The van der Waals surface area contributed by atoms with Crippen molar-refractivity contribution in [2.75, 3.05) is 0 Å². The van der Waals surface area contributed by atoms with Gasteiger partial charge in [0, 0.05) is 0 Å². The van der Waals surface area contributed by atoms with E-state index in [4.69, 9.17) is 0 Å². The average Bonchev–Trinajstić information content (AvgIpc) is 2.95. The number of aryl methyl sites for hydroxylation is 1. The van der Waals surface area contributed by atoms with E-state index >= 15 is 0 Å². The van der Waals surface area contributed by atoms with Crippen LogP contribution in [0.2, 0.25) is 0 Å². The van der Waals surface area contributed by atoms with Crippen LogP contribution in [0.4, 0.5) is 13.2 Å². The second kappa shape index (κ2) is 6.46. The van der Waals surface area contributed by atoms with Crippen LogP contribution in [0.5, 0.6) is 0 Å². The van der Waals surface area contributed by atoms with Gasteiger partial charge in [0.05, 0.1) is 16.5 Å². The quantitative estimate of drug-likeness (QED) is 0.664. The molecule has 0 amide bonds. The van der Waals surface area contributed by atoms with Crippen molar-refractivity contribution in [2.24, 2.45) is 0 Å². The summed E-state index contributed by atoms with van der Waals surface area (Å²) in [5, 5.41) is 0. The van der Waals surface area contributed by atoms with Gasteiger partial charge in [0.25, 0.3) is 0 Å². The molecule has 3 aromatic rings. The summed E-state index contributed by atoms with van der Waals surface area (Å²) in [6.45, 7) is 1.84. The predicted molar refractivity (Wildman–Crippen MR) is 100 cm³/mol. The third-order valence-electron chi connectivity index (χ3n) is 4.86. The Balaban J connectivity index is 1.82. The van der Waals surface area contributed by atoms with Crippen LogP contribution in [0.15, 0.2) is 71.6 Å². The Hall–Kier alpha value is -2.64. The summed E-state index contributed by atoms with van der Waals surface area (Å²) >= 11 is 0. The first kappa shape index (κ1) is 18.7. The first-order chi connectivity index (χ1) is 13.2. The van der Waals surface area contributed by atoms with E-state index in [9.17, 15) is 21.6 Å². The molecule has 3 aromatic carbocycles. The second-order valence-corrected chi connectivity index (χ2v) is 8.47. The summed E-state index contributed by atoms with van der Waals surface area (Å²) in [7, 11) is -3.93. The number of alkyl halides is 3. The van der Waals surface area contributed by atoms with E-state index < -0.39 is 27.8 Å². The van der Waals surface area contributed by atoms with Crippen molar-refractivity contribution < 1.29 is 21.6 Å². The summed E-state index contributed by atoms with van der Waals surface area (Å²) < 4.78 is 68.0. The Kier molecular flexibility index (Phi) is 4.32. The zero-order valence-electron chi connectivity index (χ0n) is 14.8. The van der Waals surface area contributed by atoms with E-state index in [1.165, 1.54) is 18.2 Å². The van der Waals surface area contributed by atoms with Crippen molar-refractivity contribution in [3.8, 4) is 11.1 Å². The molecule has 0 saturated carbocycles. The van der Waals surface area contributed by atoms with Gasteiger partial charge in [-0.2, -0.15) is 17.9 Å². The topological polar surface area (TPSA) is 46.2 Å². The maximum Gasteiger partial charge on any atom is 0.416 e. The number of rotatable bonds is 3. The smallest absolute Gasteiger partial charge is 0.207 e. The van der Waals surface area contributed by atoms with Crippen LogP contribution in [-0.4, -0.2) is 8.42 Å². The first-order valence-electron chi connectivity index (χ1n) is 8.56. The van der Waals surface area contributed by atoms with Crippen molar-refractivity contribution >= 4 is 10.0 Å². The Labute approximate surface area is 160 Å². The average molecular weight is 403 g/mol. The number of sulfonamides is 1. The normalized spacial score (nSPS) is 15.9. The lowest BCUT2D eigenvalue weighted by Gasteiger charge is -2.17. The van der Waals surface area contributed by atoms with Crippen molar-refractivity contribution in [1.82, 2.24) is 4.72 Å². The van der Waals surface area contributed by atoms with Crippen LogP contribution >= 0.6 is 0 Å². The van der Waals surface area contributed by atoms with E-state index in [-0.39, 0.29) is 4.90 Å². The van der Waals surface area contributed by atoms with E-state index in [0.717, 1.165) is 23.3 Å². The zero-order chi connectivity index (χ0) is 20.1. The molecule has 0 radical (unpaired) electrons. The SMILES string of the molecule is Cc1ccc(S(=O)(=O)NC2c3ccccc3-c3ccc(C(F)(F)F)cc32)cc1. The van der Waals surface area contributed by atoms with Crippen molar-refractivity contribution in [3.05, 3.63) is 89.0 Å². The minimum absolute atomic E-state index is 0.0657. The molecule has 0 aromatic heterocycles. The van der Waals surface area contributed by atoms with Gasteiger partial charge in [-0.1, -0.05) is 48.0 Å². The minimum Gasteiger partial charge on any atom is -0.207 e. The lowest BCUT2D eigenvalue weighted by atomic mass is 10.0. The highest BCUT2D eigenvalue weighted by Gasteiger charge is 2.36. The summed E-state index contributed by atoms with van der Waals surface area (Å²) in [4.78, 5) is 0.0657. The minimum atomic E-state index is -4.51. The summed E-state index contributed by atoms with van der Waals surface area (Å²) in [5.41, 5.74) is 2.35. The summed E-state index contributed by atoms with van der Waals surface area (Å²) in [6, 6.07) is 15.9. The van der Waals surface area contributed by atoms with Gasteiger partial charge >= 0.3 is 6.18 Å². The summed E-state index contributed by atoms with van der Waals surface area (Å²) in [6.07, 6.45) is -4.51. The van der Waals surface area contributed by atoms with Gasteiger partial charge in [-0.3, -0.25) is 0 Å². The number of benzene rings is 3. The van der Waals surface area contributed by atoms with Gasteiger partial charge in [-0.05, 0) is 53.4 Å². The highest BCUT2D eigenvalue weighted by atomic mass is 32.2. The third-order valence-corrected chi connectivity index (χ3v) is 6.29. The number of hydrogen-bond acceptors (Lipinski definition) is 2. The largest absolute Gasteiger partial charge is 0.416 e. The molecule has 0 saturated heterocycles. The number of fused-ring (bicyclic) bond motifs is 3. The molecule has 144 valence electrons. The maximum absolute atomic E-state index is 13.2. The predicted octanol–water partition coefficient (Wildman–Crippen LogP) is 5.06. The number of hydrogen-bond donors (Lipinski definition) is 1. The van der Waals surface area contributed by atoms with Crippen molar-refractivity contribution in [3.63, 3.8) is 0 Å². The Morgan fingerprint density at radius 3 is 2.18 bits per heavy atom. The zero-order valence-corrected chi connectivity index (χ0v) is 15.6. The number of nitrogens with one attached hydrogen (secondary N) is 1. The molecule has 0 aliphatic heterocycles. The van der Waals surface area contributed by atoms with Crippen LogP contribution in [-0.2, 0) is 16.2 Å². The molecule has 0 fully saturated rings. The first-order valence-corrected chi connectivity index (χ1v) is 10.0. The highest BCUT2D eigenvalue weighted by molar-refractivity contribution is 7.89. The van der Waals surface area contributed by atoms with Crippen LogP contribution < -0.4 is 4.72 Å². The molecular formula is C21H16F3NO2S.